The highest BCUT2D eigenvalue weighted by molar-refractivity contribution is 7.89. The number of nitrogens with zero attached hydrogens (tertiary/aromatic N) is 5. The number of alkyl halides is 4. The van der Waals surface area contributed by atoms with E-state index >= 15 is 0 Å². The minimum Gasteiger partial charge on any atom is -0.480 e. The van der Waals surface area contributed by atoms with Gasteiger partial charge in [0, 0.05) is 19.2 Å². The Bertz CT molecular complexity index is 1410. The van der Waals surface area contributed by atoms with Gasteiger partial charge >= 0.3 is 6.18 Å². The van der Waals surface area contributed by atoms with Crippen LogP contribution in [-0.2, 0) is 27.5 Å². The van der Waals surface area contributed by atoms with Crippen LogP contribution in [0.2, 0.25) is 0 Å². The number of hydrogen-bond donors (Lipinski definition) is 1. The molecular weight excluding hydrogens is 539 g/mol. The quantitative estimate of drug-likeness (QED) is 0.442. The minimum atomic E-state index is -4.72. The lowest BCUT2D eigenvalue weighted by molar-refractivity contribution is -0.145. The molecule has 3 aromatic rings. The van der Waals surface area contributed by atoms with Gasteiger partial charge in [0.25, 0.3) is 0 Å². The lowest BCUT2D eigenvalue weighted by atomic mass is 10.1. The molecule has 0 unspecified atom stereocenters. The van der Waals surface area contributed by atoms with Gasteiger partial charge in [-0.2, -0.15) is 17.5 Å². The van der Waals surface area contributed by atoms with Gasteiger partial charge in [-0.25, -0.2) is 31.8 Å². The van der Waals surface area contributed by atoms with Gasteiger partial charge < -0.3 is 10.1 Å². The van der Waals surface area contributed by atoms with Crippen LogP contribution in [0.25, 0.3) is 5.69 Å². The summed E-state index contributed by atoms with van der Waals surface area (Å²) in [5, 5.41) is 6.60. The molecule has 0 aliphatic carbocycles. The molecule has 1 aliphatic heterocycles. The van der Waals surface area contributed by atoms with E-state index in [-0.39, 0.29) is 28.6 Å². The van der Waals surface area contributed by atoms with Gasteiger partial charge in [0.1, 0.15) is 23.7 Å². The van der Waals surface area contributed by atoms with Crippen molar-refractivity contribution in [3.63, 3.8) is 0 Å². The molecule has 3 heterocycles. The molecule has 10 nitrogen and oxygen atoms in total. The molecule has 1 fully saturated rings. The molecule has 0 spiro atoms. The van der Waals surface area contributed by atoms with Crippen molar-refractivity contribution in [2.45, 2.75) is 49.2 Å². The number of carbonyl (C=O) groups excluding carboxylic acids is 1. The topological polar surface area (TPSA) is 119 Å². The maximum Gasteiger partial charge on any atom is 0.451 e. The predicted molar refractivity (Wildman–Crippen MR) is 121 cm³/mol. The van der Waals surface area contributed by atoms with Crippen LogP contribution in [0.3, 0.4) is 0 Å². The van der Waals surface area contributed by atoms with Crippen molar-refractivity contribution in [1.82, 2.24) is 29.4 Å². The van der Waals surface area contributed by atoms with Gasteiger partial charge in [-0.15, -0.1) is 5.10 Å². The lowest BCUT2D eigenvalue weighted by Gasteiger charge is -2.26. The molecule has 1 N–H and O–H groups in total. The SMILES string of the molecule is COc1nn(-c2cnc(C(F)(F)F)nc2)cc1CNC(=O)[C@@H]1C[C@@H](F)[C@H](C)N1S(=O)(=O)c1ccc(F)cc1. The molecule has 16 heteroatoms. The summed E-state index contributed by atoms with van der Waals surface area (Å²) in [7, 11) is -3.06. The first-order valence-corrected chi connectivity index (χ1v) is 12.5. The van der Waals surface area contributed by atoms with E-state index in [9.17, 15) is 35.2 Å². The Morgan fingerprint density at radius 3 is 2.39 bits per heavy atom. The van der Waals surface area contributed by atoms with Crippen molar-refractivity contribution in [2.24, 2.45) is 0 Å². The molecule has 1 amide bonds. The molecule has 1 aromatic carbocycles. The van der Waals surface area contributed by atoms with Gasteiger partial charge in [0.05, 0.1) is 36.0 Å². The summed E-state index contributed by atoms with van der Waals surface area (Å²) in [5.74, 6) is -2.77. The Morgan fingerprint density at radius 1 is 1.18 bits per heavy atom. The maximum atomic E-state index is 14.6. The van der Waals surface area contributed by atoms with Crippen LogP contribution in [0.15, 0.2) is 47.8 Å². The summed E-state index contributed by atoms with van der Waals surface area (Å²) in [6.07, 6.45) is -3.57. The van der Waals surface area contributed by atoms with Gasteiger partial charge in [0.15, 0.2) is 0 Å². The van der Waals surface area contributed by atoms with Crippen molar-refractivity contribution < 1.29 is 39.9 Å². The summed E-state index contributed by atoms with van der Waals surface area (Å²) in [6, 6.07) is 1.41. The first kappa shape index (κ1) is 27.4. The van der Waals surface area contributed by atoms with Crippen molar-refractivity contribution in [3.05, 3.63) is 60.1 Å². The van der Waals surface area contributed by atoms with E-state index in [1.807, 2.05) is 0 Å². The molecule has 1 saturated heterocycles. The van der Waals surface area contributed by atoms with E-state index in [1.54, 1.807) is 0 Å². The third-order valence-electron chi connectivity index (χ3n) is 5.93. The summed E-state index contributed by atoms with van der Waals surface area (Å²) in [4.78, 5) is 19.3. The third kappa shape index (κ3) is 5.31. The molecule has 3 atom stereocenters. The number of halogens is 5. The fourth-order valence-corrected chi connectivity index (χ4v) is 5.81. The second kappa shape index (κ2) is 10.2. The first-order valence-electron chi connectivity index (χ1n) is 11.1. The second-order valence-corrected chi connectivity index (χ2v) is 10.2. The molecule has 4 rings (SSSR count). The molecular formula is C22H21F5N6O4S. The van der Waals surface area contributed by atoms with E-state index in [0.29, 0.717) is 0 Å². The number of sulfonamides is 1. The Balaban J connectivity index is 1.52. The van der Waals surface area contributed by atoms with Crippen molar-refractivity contribution in [1.29, 1.82) is 0 Å². The average Bonchev–Trinajstić information content (AvgIpc) is 3.43. The highest BCUT2D eigenvalue weighted by Gasteiger charge is 2.49. The van der Waals surface area contributed by atoms with E-state index in [4.69, 9.17) is 4.74 Å². The van der Waals surface area contributed by atoms with E-state index in [1.165, 1.54) is 20.2 Å². The Morgan fingerprint density at radius 2 is 1.82 bits per heavy atom. The number of nitrogens with one attached hydrogen (secondary N) is 1. The number of hydrogen-bond acceptors (Lipinski definition) is 7. The standard InChI is InChI=1S/C22H21F5N6O4S/c1-12-17(24)7-18(33(12)38(35,36)16-5-3-14(23)4-6-16)19(34)28-8-13-11-32(31-20(13)37-2)15-9-29-21(30-10-15)22(25,26)27/h3-6,9-12,17-18H,7-8H2,1-2H3,(H,28,34)/t12-,17+,18-/m0/s1. The van der Waals surface area contributed by atoms with Gasteiger partial charge in [-0.1, -0.05) is 0 Å². The Labute approximate surface area is 213 Å². The molecule has 38 heavy (non-hydrogen) atoms. The number of rotatable bonds is 7. The maximum absolute atomic E-state index is 14.6. The van der Waals surface area contributed by atoms with Crippen LogP contribution in [0, 0.1) is 5.82 Å². The van der Waals surface area contributed by atoms with Crippen molar-refractivity contribution in [3.8, 4) is 11.6 Å². The smallest absolute Gasteiger partial charge is 0.451 e. The van der Waals surface area contributed by atoms with Gasteiger partial charge in [-0.3, -0.25) is 4.79 Å². The van der Waals surface area contributed by atoms with Crippen molar-refractivity contribution >= 4 is 15.9 Å². The number of benzene rings is 1. The van der Waals surface area contributed by atoms with Crippen LogP contribution >= 0.6 is 0 Å². The molecule has 0 radical (unpaired) electrons. The van der Waals surface area contributed by atoms with Crippen molar-refractivity contribution in [2.75, 3.05) is 7.11 Å². The van der Waals surface area contributed by atoms with Gasteiger partial charge in [0.2, 0.25) is 27.6 Å². The highest BCUT2D eigenvalue weighted by atomic mass is 32.2. The lowest BCUT2D eigenvalue weighted by Crippen LogP contribution is -2.48. The summed E-state index contributed by atoms with van der Waals surface area (Å²) in [5.41, 5.74) is 0.367. The van der Waals surface area contributed by atoms with Crippen LogP contribution < -0.4 is 10.1 Å². The predicted octanol–water partition coefficient (Wildman–Crippen LogP) is 2.63. The van der Waals surface area contributed by atoms with E-state index in [0.717, 1.165) is 45.6 Å². The third-order valence-corrected chi connectivity index (χ3v) is 7.94. The van der Waals surface area contributed by atoms with E-state index < -0.39 is 58.4 Å². The molecule has 0 bridgehead atoms. The van der Waals surface area contributed by atoms with E-state index in [2.05, 4.69) is 20.4 Å². The van der Waals surface area contributed by atoms with Crippen LogP contribution in [0.5, 0.6) is 5.88 Å². The normalized spacial score (nSPS) is 20.4. The Hall–Kier alpha value is -3.66. The minimum absolute atomic E-state index is 0.0177. The number of ether oxygens (including phenoxy) is 1. The van der Waals surface area contributed by atoms with Crippen LogP contribution in [0.1, 0.15) is 24.7 Å². The molecule has 1 aliphatic rings. The summed E-state index contributed by atoms with van der Waals surface area (Å²) >= 11 is 0. The van der Waals surface area contributed by atoms with Gasteiger partial charge in [-0.05, 0) is 31.2 Å². The highest BCUT2D eigenvalue weighted by Crippen LogP contribution is 2.33. The molecule has 0 saturated carbocycles. The summed E-state index contributed by atoms with van der Waals surface area (Å²) in [6.45, 7) is 1.11. The molecule has 204 valence electrons. The zero-order valence-corrected chi connectivity index (χ0v) is 20.7. The number of carbonyl (C=O) groups is 1. The first-order chi connectivity index (χ1) is 17.8. The average molecular weight is 561 g/mol. The second-order valence-electron chi connectivity index (χ2n) is 8.39. The van der Waals surface area contributed by atoms with Crippen LogP contribution in [-0.4, -0.2) is 63.7 Å². The monoisotopic (exact) mass is 560 g/mol. The Kier molecular flexibility index (Phi) is 7.38. The number of aromatic nitrogens is 4. The largest absolute Gasteiger partial charge is 0.480 e. The number of amides is 1. The van der Waals surface area contributed by atoms with Crippen LogP contribution in [0.4, 0.5) is 22.0 Å². The fraction of sp³-hybridized carbons (Fsp3) is 0.364. The summed E-state index contributed by atoms with van der Waals surface area (Å²) < 4.78 is 99.5. The fourth-order valence-electron chi connectivity index (χ4n) is 4.00. The zero-order chi connectivity index (χ0) is 27.8. The molecule has 2 aromatic heterocycles. The number of methoxy groups -OCH3 is 1. The zero-order valence-electron chi connectivity index (χ0n) is 19.9.